The molecule has 1 nitrogen and oxygen atoms in total. The van der Waals surface area contributed by atoms with Crippen LogP contribution in [0.25, 0.3) is 3.58 Å². The summed E-state index contributed by atoms with van der Waals surface area (Å²) in [7, 11) is 0. The standard InChI is InChI=1S/C11H11IOSe/c12-11-9-4-2-1-3-8(9)7-14-10(11)5-6-13/h1-4,13H,5-7H2. The molecule has 0 amide bonds. The summed E-state index contributed by atoms with van der Waals surface area (Å²) in [6.07, 6.45) is 0.854. The first-order chi connectivity index (χ1) is 6.83. The Labute approximate surface area is 104 Å². The molecule has 74 valence electrons. The Morgan fingerprint density at radius 3 is 2.93 bits per heavy atom. The first kappa shape index (κ1) is 10.7. The minimum atomic E-state index is 0.283. The van der Waals surface area contributed by atoms with Crippen LogP contribution in [-0.2, 0) is 5.32 Å². The molecule has 0 atom stereocenters. The van der Waals surface area contributed by atoms with E-state index >= 15 is 0 Å². The Morgan fingerprint density at radius 2 is 2.14 bits per heavy atom. The van der Waals surface area contributed by atoms with Crippen molar-refractivity contribution in [3.8, 4) is 0 Å². The van der Waals surface area contributed by atoms with Gasteiger partial charge in [-0.15, -0.1) is 0 Å². The molecule has 1 heterocycles. The molecule has 1 N–H and O–H groups in total. The Bertz CT molecular complexity index is 373. The minimum absolute atomic E-state index is 0.283. The van der Waals surface area contributed by atoms with Gasteiger partial charge in [0.15, 0.2) is 0 Å². The van der Waals surface area contributed by atoms with Crippen molar-refractivity contribution < 1.29 is 5.11 Å². The molecule has 1 aromatic carbocycles. The van der Waals surface area contributed by atoms with E-state index in [1.54, 1.807) is 0 Å². The molecule has 0 saturated heterocycles. The van der Waals surface area contributed by atoms with E-state index in [1.807, 2.05) is 0 Å². The third-order valence-electron chi connectivity index (χ3n) is 2.24. The van der Waals surface area contributed by atoms with E-state index in [9.17, 15) is 0 Å². The first-order valence-electron chi connectivity index (χ1n) is 4.53. The van der Waals surface area contributed by atoms with Crippen LogP contribution in [0.1, 0.15) is 17.5 Å². The van der Waals surface area contributed by atoms with Crippen molar-refractivity contribution in [3.63, 3.8) is 0 Å². The van der Waals surface area contributed by atoms with Crippen molar-refractivity contribution >= 4 is 41.1 Å². The second kappa shape index (κ2) is 4.79. The van der Waals surface area contributed by atoms with Crippen LogP contribution in [0.4, 0.5) is 0 Å². The average molecular weight is 365 g/mol. The monoisotopic (exact) mass is 366 g/mol. The summed E-state index contributed by atoms with van der Waals surface area (Å²) < 4.78 is 2.85. The van der Waals surface area contributed by atoms with Crippen LogP contribution >= 0.6 is 22.6 Å². The van der Waals surface area contributed by atoms with Gasteiger partial charge in [-0.1, -0.05) is 0 Å². The molecular weight excluding hydrogens is 354 g/mol. The molecule has 0 radical (unpaired) electrons. The summed E-state index contributed by atoms with van der Waals surface area (Å²) in [5.74, 6) is 0. The summed E-state index contributed by atoms with van der Waals surface area (Å²) in [6.45, 7) is 0.283. The number of fused-ring (bicyclic) bond motifs is 1. The van der Waals surface area contributed by atoms with Gasteiger partial charge in [-0.25, -0.2) is 0 Å². The Morgan fingerprint density at radius 1 is 1.36 bits per heavy atom. The van der Waals surface area contributed by atoms with Crippen molar-refractivity contribution in [1.29, 1.82) is 0 Å². The Kier molecular flexibility index (Phi) is 3.66. The fourth-order valence-electron chi connectivity index (χ4n) is 1.52. The fourth-order valence-corrected chi connectivity index (χ4v) is 5.34. The van der Waals surface area contributed by atoms with Gasteiger partial charge < -0.3 is 0 Å². The predicted molar refractivity (Wildman–Crippen MR) is 68.5 cm³/mol. The van der Waals surface area contributed by atoms with Gasteiger partial charge >= 0.3 is 104 Å². The fraction of sp³-hybridized carbons (Fsp3) is 0.273. The molecule has 1 aromatic rings. The van der Waals surface area contributed by atoms with E-state index in [0.717, 1.165) is 6.42 Å². The van der Waals surface area contributed by atoms with Crippen molar-refractivity contribution in [2.75, 3.05) is 6.61 Å². The molecule has 0 saturated carbocycles. The van der Waals surface area contributed by atoms with Crippen LogP contribution in [0.3, 0.4) is 0 Å². The number of rotatable bonds is 2. The normalized spacial score (nSPS) is 15.6. The summed E-state index contributed by atoms with van der Waals surface area (Å²) in [5, 5.41) is 10.1. The molecule has 0 aromatic heterocycles. The average Bonchev–Trinajstić information content (AvgIpc) is 2.23. The number of halogens is 1. The molecule has 1 aliphatic rings. The zero-order valence-corrected chi connectivity index (χ0v) is 11.5. The van der Waals surface area contributed by atoms with Gasteiger partial charge in [-0.2, -0.15) is 0 Å². The van der Waals surface area contributed by atoms with Gasteiger partial charge in [0.1, 0.15) is 0 Å². The van der Waals surface area contributed by atoms with Crippen LogP contribution < -0.4 is 0 Å². The van der Waals surface area contributed by atoms with Crippen molar-refractivity contribution in [1.82, 2.24) is 0 Å². The maximum absolute atomic E-state index is 8.96. The Hall–Kier alpha value is 0.169. The van der Waals surface area contributed by atoms with Crippen molar-refractivity contribution in [3.05, 3.63) is 39.9 Å². The molecule has 1 aliphatic heterocycles. The summed E-state index contributed by atoms with van der Waals surface area (Å²) in [4.78, 5) is 0. The van der Waals surface area contributed by atoms with Gasteiger partial charge in [-0.3, -0.25) is 0 Å². The number of aliphatic hydroxyl groups excluding tert-OH is 1. The first-order valence-corrected chi connectivity index (χ1v) is 7.68. The van der Waals surface area contributed by atoms with E-state index in [1.165, 1.54) is 24.5 Å². The van der Waals surface area contributed by atoms with E-state index in [0.29, 0.717) is 15.0 Å². The third-order valence-corrected chi connectivity index (χ3v) is 6.84. The number of hydrogen-bond acceptors (Lipinski definition) is 1. The molecule has 2 rings (SSSR count). The zero-order valence-electron chi connectivity index (χ0n) is 7.66. The molecule has 0 aliphatic carbocycles. The molecule has 0 unspecified atom stereocenters. The van der Waals surface area contributed by atoms with Gasteiger partial charge in [0.05, 0.1) is 0 Å². The van der Waals surface area contributed by atoms with Crippen LogP contribution in [0, 0.1) is 0 Å². The number of aliphatic hydroxyl groups is 1. The summed E-state index contributed by atoms with van der Waals surface area (Å²) >= 11 is 2.97. The van der Waals surface area contributed by atoms with Gasteiger partial charge in [-0.05, 0) is 0 Å². The maximum atomic E-state index is 8.96. The SMILES string of the molecule is OCCC1=C(I)c2ccccc2C[Se]1. The van der Waals surface area contributed by atoms with Gasteiger partial charge in [0.2, 0.25) is 0 Å². The van der Waals surface area contributed by atoms with E-state index in [2.05, 4.69) is 46.9 Å². The van der Waals surface area contributed by atoms with Crippen molar-refractivity contribution in [2.45, 2.75) is 11.7 Å². The molecule has 0 fully saturated rings. The molecule has 0 spiro atoms. The zero-order chi connectivity index (χ0) is 9.97. The van der Waals surface area contributed by atoms with Crippen LogP contribution in [-0.4, -0.2) is 26.7 Å². The van der Waals surface area contributed by atoms with Gasteiger partial charge in [0.25, 0.3) is 0 Å². The van der Waals surface area contributed by atoms with Crippen LogP contribution in [0.15, 0.2) is 28.7 Å². The van der Waals surface area contributed by atoms with E-state index < -0.39 is 0 Å². The summed E-state index contributed by atoms with van der Waals surface area (Å²) in [6, 6.07) is 8.59. The number of benzene rings is 1. The molecule has 3 heteroatoms. The van der Waals surface area contributed by atoms with Crippen LogP contribution in [0.5, 0.6) is 0 Å². The van der Waals surface area contributed by atoms with E-state index in [4.69, 9.17) is 5.11 Å². The molecular formula is C11H11IOSe. The Balaban J connectivity index is 2.40. The van der Waals surface area contributed by atoms with Crippen molar-refractivity contribution in [2.24, 2.45) is 0 Å². The second-order valence-corrected chi connectivity index (χ2v) is 6.48. The molecule has 0 bridgehead atoms. The van der Waals surface area contributed by atoms with Crippen LogP contribution in [0.2, 0.25) is 0 Å². The van der Waals surface area contributed by atoms with E-state index in [-0.39, 0.29) is 6.61 Å². The quantitative estimate of drug-likeness (QED) is 0.631. The summed E-state index contributed by atoms with van der Waals surface area (Å²) in [5.41, 5.74) is 2.85. The van der Waals surface area contributed by atoms with Gasteiger partial charge in [0, 0.05) is 0 Å². The third kappa shape index (κ3) is 2.06. The number of hydrogen-bond donors (Lipinski definition) is 1. The predicted octanol–water partition coefficient (Wildman–Crippen LogP) is 2.39. The second-order valence-electron chi connectivity index (χ2n) is 3.16. The topological polar surface area (TPSA) is 20.2 Å². The molecule has 14 heavy (non-hydrogen) atoms.